The topological polar surface area (TPSA) is 53.4 Å². The van der Waals surface area contributed by atoms with E-state index in [9.17, 15) is 4.79 Å². The number of aromatic carboxylic acids is 1. The van der Waals surface area contributed by atoms with Crippen LogP contribution in [0.15, 0.2) is 42.6 Å². The summed E-state index contributed by atoms with van der Waals surface area (Å²) >= 11 is 5.93. The molecule has 2 rings (SSSR count). The number of aromatic nitrogens is 1. The molecule has 0 amide bonds. The fraction of sp³-hybridized carbons (Fsp3) is 0.143. The van der Waals surface area contributed by atoms with Gasteiger partial charge in [-0.15, -0.1) is 0 Å². The Morgan fingerprint density at radius 2 is 2.16 bits per heavy atom. The summed E-state index contributed by atoms with van der Waals surface area (Å²) < 4.78 is 0. The van der Waals surface area contributed by atoms with Gasteiger partial charge < -0.3 is 10.0 Å². The van der Waals surface area contributed by atoms with Gasteiger partial charge in [-0.25, -0.2) is 9.78 Å². The highest BCUT2D eigenvalue weighted by Gasteiger charge is 2.14. The van der Waals surface area contributed by atoms with Crippen molar-refractivity contribution < 1.29 is 9.90 Å². The van der Waals surface area contributed by atoms with E-state index in [0.29, 0.717) is 17.4 Å². The lowest BCUT2D eigenvalue weighted by molar-refractivity contribution is 0.0697. The molecule has 0 saturated carbocycles. The fourth-order valence-electron chi connectivity index (χ4n) is 1.85. The number of halogens is 1. The van der Waals surface area contributed by atoms with Crippen LogP contribution in [0.5, 0.6) is 0 Å². The van der Waals surface area contributed by atoms with Crippen molar-refractivity contribution in [2.24, 2.45) is 0 Å². The van der Waals surface area contributed by atoms with E-state index >= 15 is 0 Å². The highest BCUT2D eigenvalue weighted by molar-refractivity contribution is 6.30. The van der Waals surface area contributed by atoms with Crippen LogP contribution in [0.2, 0.25) is 5.02 Å². The van der Waals surface area contributed by atoms with Gasteiger partial charge in [-0.05, 0) is 29.8 Å². The number of rotatable bonds is 4. The Hall–Kier alpha value is -2.07. The molecule has 5 heteroatoms. The largest absolute Gasteiger partial charge is 0.478 e. The van der Waals surface area contributed by atoms with Gasteiger partial charge in [0.15, 0.2) is 0 Å². The minimum atomic E-state index is -0.985. The lowest BCUT2D eigenvalue weighted by atomic mass is 10.2. The first-order valence-electron chi connectivity index (χ1n) is 5.72. The van der Waals surface area contributed by atoms with Gasteiger partial charge in [0.25, 0.3) is 0 Å². The molecule has 1 aromatic heterocycles. The van der Waals surface area contributed by atoms with Gasteiger partial charge in [-0.2, -0.15) is 0 Å². The van der Waals surface area contributed by atoms with Crippen molar-refractivity contribution in [1.82, 2.24) is 4.98 Å². The van der Waals surface area contributed by atoms with Crippen molar-refractivity contribution in [2.75, 3.05) is 11.9 Å². The molecule has 0 unspecified atom stereocenters. The monoisotopic (exact) mass is 276 g/mol. The standard InChI is InChI=1S/C14H13ClN2O2/c1-17(9-10-4-2-5-11(15)8-10)13-12(14(18)19)6-3-7-16-13/h2-8H,9H2,1H3,(H,18,19). The molecule has 2 aromatic rings. The van der Waals surface area contributed by atoms with E-state index in [1.54, 1.807) is 36.3 Å². The highest BCUT2D eigenvalue weighted by atomic mass is 35.5. The second kappa shape index (κ2) is 5.71. The van der Waals surface area contributed by atoms with Crippen LogP contribution in [0.4, 0.5) is 5.82 Å². The Balaban J connectivity index is 2.25. The first-order chi connectivity index (χ1) is 9.08. The average molecular weight is 277 g/mol. The van der Waals surface area contributed by atoms with Gasteiger partial charge in [-0.1, -0.05) is 23.7 Å². The Morgan fingerprint density at radius 3 is 2.84 bits per heavy atom. The summed E-state index contributed by atoms with van der Waals surface area (Å²) in [5, 5.41) is 9.79. The number of carbonyl (C=O) groups is 1. The molecular formula is C14H13ClN2O2. The summed E-state index contributed by atoms with van der Waals surface area (Å²) in [6.07, 6.45) is 1.58. The molecule has 4 nitrogen and oxygen atoms in total. The van der Waals surface area contributed by atoms with Gasteiger partial charge in [0, 0.05) is 24.8 Å². The van der Waals surface area contributed by atoms with Gasteiger partial charge in [-0.3, -0.25) is 0 Å². The summed E-state index contributed by atoms with van der Waals surface area (Å²) in [5.41, 5.74) is 1.18. The predicted molar refractivity (Wildman–Crippen MR) is 74.8 cm³/mol. The van der Waals surface area contributed by atoms with E-state index < -0.39 is 5.97 Å². The van der Waals surface area contributed by atoms with Crippen LogP contribution in [-0.4, -0.2) is 23.1 Å². The predicted octanol–water partition coefficient (Wildman–Crippen LogP) is 3.07. The Kier molecular flexibility index (Phi) is 4.02. The zero-order valence-corrected chi connectivity index (χ0v) is 11.1. The number of pyridine rings is 1. The van der Waals surface area contributed by atoms with Crippen LogP contribution < -0.4 is 4.90 Å². The zero-order valence-electron chi connectivity index (χ0n) is 10.4. The maximum atomic E-state index is 11.1. The van der Waals surface area contributed by atoms with Crippen LogP contribution in [0.25, 0.3) is 0 Å². The van der Waals surface area contributed by atoms with Crippen LogP contribution in [-0.2, 0) is 6.54 Å². The fourth-order valence-corrected chi connectivity index (χ4v) is 2.07. The number of carboxylic acid groups (broad SMARTS) is 1. The molecule has 98 valence electrons. The van der Waals surface area contributed by atoms with E-state index in [4.69, 9.17) is 16.7 Å². The third-order valence-electron chi connectivity index (χ3n) is 2.69. The van der Waals surface area contributed by atoms with Crippen LogP contribution in [0.1, 0.15) is 15.9 Å². The van der Waals surface area contributed by atoms with E-state index in [1.165, 1.54) is 0 Å². The summed E-state index contributed by atoms with van der Waals surface area (Å²) in [4.78, 5) is 17.1. The van der Waals surface area contributed by atoms with Crippen molar-refractivity contribution in [1.29, 1.82) is 0 Å². The molecule has 0 aliphatic heterocycles. The summed E-state index contributed by atoms with van der Waals surface area (Å²) in [7, 11) is 1.80. The molecule has 0 fully saturated rings. The Morgan fingerprint density at radius 1 is 1.37 bits per heavy atom. The molecule has 0 aliphatic carbocycles. The maximum Gasteiger partial charge on any atom is 0.339 e. The summed E-state index contributed by atoms with van der Waals surface area (Å²) in [6, 6.07) is 10.6. The van der Waals surface area contributed by atoms with Crippen LogP contribution in [0.3, 0.4) is 0 Å². The molecule has 0 atom stereocenters. The van der Waals surface area contributed by atoms with Gasteiger partial charge in [0.1, 0.15) is 11.4 Å². The SMILES string of the molecule is CN(Cc1cccc(Cl)c1)c1ncccc1C(=O)O. The number of benzene rings is 1. The van der Waals surface area contributed by atoms with E-state index in [0.717, 1.165) is 5.56 Å². The second-order valence-corrected chi connectivity index (χ2v) is 4.60. The molecule has 1 aromatic carbocycles. The zero-order chi connectivity index (χ0) is 13.8. The second-order valence-electron chi connectivity index (χ2n) is 4.17. The van der Waals surface area contributed by atoms with Crippen molar-refractivity contribution in [3.63, 3.8) is 0 Å². The minimum Gasteiger partial charge on any atom is -0.478 e. The molecule has 0 aliphatic rings. The highest BCUT2D eigenvalue weighted by Crippen LogP contribution is 2.19. The Labute approximate surface area is 116 Å². The summed E-state index contributed by atoms with van der Waals surface area (Å²) in [6.45, 7) is 0.540. The Bertz CT molecular complexity index is 602. The molecule has 1 heterocycles. The first kappa shape index (κ1) is 13.4. The van der Waals surface area contributed by atoms with E-state index in [-0.39, 0.29) is 5.56 Å². The first-order valence-corrected chi connectivity index (χ1v) is 6.09. The van der Waals surface area contributed by atoms with E-state index in [2.05, 4.69) is 4.98 Å². The normalized spacial score (nSPS) is 10.2. The number of hydrogen-bond acceptors (Lipinski definition) is 3. The van der Waals surface area contributed by atoms with Crippen molar-refractivity contribution >= 4 is 23.4 Å². The smallest absolute Gasteiger partial charge is 0.339 e. The molecule has 19 heavy (non-hydrogen) atoms. The minimum absolute atomic E-state index is 0.187. The average Bonchev–Trinajstić information content (AvgIpc) is 2.38. The van der Waals surface area contributed by atoms with Crippen LogP contribution in [0, 0.1) is 0 Å². The number of carboxylic acids is 1. The van der Waals surface area contributed by atoms with Crippen LogP contribution >= 0.6 is 11.6 Å². The lowest BCUT2D eigenvalue weighted by Gasteiger charge is -2.19. The molecular weight excluding hydrogens is 264 g/mol. The molecule has 0 radical (unpaired) electrons. The number of anilines is 1. The third kappa shape index (κ3) is 3.23. The lowest BCUT2D eigenvalue weighted by Crippen LogP contribution is -2.20. The molecule has 0 spiro atoms. The van der Waals surface area contributed by atoms with Crippen molar-refractivity contribution in [3.05, 3.63) is 58.7 Å². The van der Waals surface area contributed by atoms with Gasteiger partial charge >= 0.3 is 5.97 Å². The number of nitrogens with zero attached hydrogens (tertiary/aromatic N) is 2. The number of hydrogen-bond donors (Lipinski definition) is 1. The van der Waals surface area contributed by atoms with E-state index in [1.807, 2.05) is 18.2 Å². The quantitative estimate of drug-likeness (QED) is 0.932. The maximum absolute atomic E-state index is 11.1. The molecule has 0 bridgehead atoms. The van der Waals surface area contributed by atoms with Gasteiger partial charge in [0.05, 0.1) is 0 Å². The van der Waals surface area contributed by atoms with Crippen molar-refractivity contribution in [2.45, 2.75) is 6.54 Å². The summed E-state index contributed by atoms with van der Waals surface area (Å²) in [5.74, 6) is -0.545. The molecule has 1 N–H and O–H groups in total. The molecule has 0 saturated heterocycles. The van der Waals surface area contributed by atoms with Crippen molar-refractivity contribution in [3.8, 4) is 0 Å². The van der Waals surface area contributed by atoms with Gasteiger partial charge in [0.2, 0.25) is 0 Å². The third-order valence-corrected chi connectivity index (χ3v) is 2.92.